The average molecular weight is 509 g/mol. The van der Waals surface area contributed by atoms with Crippen molar-refractivity contribution in [3.63, 3.8) is 0 Å². The molecule has 1 aliphatic heterocycles. The van der Waals surface area contributed by atoms with Crippen LogP contribution in [0.5, 0.6) is 0 Å². The monoisotopic (exact) mass is 508 g/mol. The molecule has 9 atom stereocenters. The molecular weight excluding hydrogens is 456 g/mol. The van der Waals surface area contributed by atoms with E-state index in [0.29, 0.717) is 29.8 Å². The zero-order chi connectivity index (χ0) is 25.4. The average Bonchev–Trinajstić information content (AvgIpc) is 3.38. The van der Waals surface area contributed by atoms with Gasteiger partial charge in [-0.2, -0.15) is 0 Å². The normalized spacial score (nSPS) is 47.4. The molecule has 202 valence electrons. The second kappa shape index (κ2) is 8.77. The highest BCUT2D eigenvalue weighted by molar-refractivity contribution is 6.74. The summed E-state index contributed by atoms with van der Waals surface area (Å²) >= 11 is 0. The number of hydrogen-bond donors (Lipinski definition) is 0. The van der Waals surface area contributed by atoms with Gasteiger partial charge in [0.2, 0.25) is 0 Å². The number of ether oxygens (including phenoxy) is 4. The molecule has 5 nitrogen and oxygen atoms in total. The molecule has 1 heterocycles. The lowest BCUT2D eigenvalue weighted by molar-refractivity contribution is -0.274. The van der Waals surface area contributed by atoms with Crippen molar-refractivity contribution in [2.45, 2.75) is 122 Å². The molecule has 1 saturated heterocycles. The standard InChI is InChI=1S/C29H52O5Si/c1-26(2,3)35(8,9)34-19-10-13-27(4)20-11-14-28(5)21(12-15-29(28)32-16-17-33-29)23(20)25(31-7)24(30-6)22(27)18-19/h19-25H,10-18H2,1-9H3/t19-,20?,21?,22?,23?,24+,25+,27+,28-/m0/s1. The van der Waals surface area contributed by atoms with Crippen LogP contribution >= 0.6 is 0 Å². The van der Waals surface area contributed by atoms with Crippen LogP contribution in [-0.4, -0.2) is 59.8 Å². The number of hydrogen-bond acceptors (Lipinski definition) is 5. The Morgan fingerprint density at radius 2 is 1.43 bits per heavy atom. The molecule has 0 aromatic rings. The third kappa shape index (κ3) is 3.78. The predicted octanol–water partition coefficient (Wildman–Crippen LogP) is 6.41. The Morgan fingerprint density at radius 3 is 2.03 bits per heavy atom. The fourth-order valence-electron chi connectivity index (χ4n) is 9.35. The van der Waals surface area contributed by atoms with Gasteiger partial charge in [-0.15, -0.1) is 0 Å². The Hall–Kier alpha value is 0.0169. The molecule has 0 aromatic carbocycles. The van der Waals surface area contributed by atoms with E-state index in [2.05, 4.69) is 47.7 Å². The van der Waals surface area contributed by atoms with Crippen LogP contribution in [0.1, 0.15) is 79.6 Å². The lowest BCUT2D eigenvalue weighted by Crippen LogP contribution is -2.66. The van der Waals surface area contributed by atoms with Crippen LogP contribution in [-0.2, 0) is 23.4 Å². The fraction of sp³-hybridized carbons (Fsp3) is 1.00. The van der Waals surface area contributed by atoms with Crippen LogP contribution in [0.3, 0.4) is 0 Å². The predicted molar refractivity (Wildman–Crippen MR) is 141 cm³/mol. The van der Waals surface area contributed by atoms with Gasteiger partial charge in [0.1, 0.15) is 0 Å². The van der Waals surface area contributed by atoms with E-state index in [1.807, 2.05) is 14.2 Å². The molecule has 0 bridgehead atoms. The van der Waals surface area contributed by atoms with Crippen molar-refractivity contribution >= 4 is 8.32 Å². The van der Waals surface area contributed by atoms with Crippen molar-refractivity contribution < 1.29 is 23.4 Å². The van der Waals surface area contributed by atoms with E-state index in [1.165, 1.54) is 32.1 Å². The first-order chi connectivity index (χ1) is 16.3. The molecule has 4 aliphatic carbocycles. The summed E-state index contributed by atoms with van der Waals surface area (Å²) < 4.78 is 32.6. The Morgan fingerprint density at radius 1 is 0.800 bits per heavy atom. The third-order valence-corrected chi connectivity index (χ3v) is 16.8. The largest absolute Gasteiger partial charge is 0.414 e. The minimum Gasteiger partial charge on any atom is -0.414 e. The summed E-state index contributed by atoms with van der Waals surface area (Å²) in [4.78, 5) is 0. The van der Waals surface area contributed by atoms with Crippen LogP contribution in [0.15, 0.2) is 0 Å². The highest BCUT2D eigenvalue weighted by atomic mass is 28.4. The van der Waals surface area contributed by atoms with Crippen LogP contribution in [0.4, 0.5) is 0 Å². The van der Waals surface area contributed by atoms with Gasteiger partial charge in [-0.1, -0.05) is 34.6 Å². The van der Waals surface area contributed by atoms with E-state index in [9.17, 15) is 0 Å². The van der Waals surface area contributed by atoms with Crippen LogP contribution in [0, 0.1) is 34.5 Å². The molecule has 35 heavy (non-hydrogen) atoms. The molecule has 1 spiro atoms. The third-order valence-electron chi connectivity index (χ3n) is 12.3. The minimum atomic E-state index is -1.81. The quantitative estimate of drug-likeness (QED) is 0.411. The maximum absolute atomic E-state index is 6.99. The number of fused-ring (bicyclic) bond motifs is 6. The van der Waals surface area contributed by atoms with Gasteiger partial charge < -0.3 is 23.4 Å². The number of rotatable bonds is 4. The molecule has 5 fully saturated rings. The molecule has 6 heteroatoms. The van der Waals surface area contributed by atoms with Crippen molar-refractivity contribution in [2.24, 2.45) is 34.5 Å². The van der Waals surface area contributed by atoms with Crippen molar-refractivity contribution in [1.29, 1.82) is 0 Å². The van der Waals surface area contributed by atoms with Gasteiger partial charge in [0, 0.05) is 32.2 Å². The molecule has 5 rings (SSSR count). The summed E-state index contributed by atoms with van der Waals surface area (Å²) in [5.74, 6) is 1.81. The SMILES string of the molecule is CO[C@@H]1C2C(CC[C@@]3(C)C2CCC32OCCO2)[C@@]2(C)CC[C@H](O[Si](C)(C)C(C)(C)C)CC2[C@H]1OC. The summed E-state index contributed by atoms with van der Waals surface area (Å²) in [6.07, 6.45) is 8.71. The second-order valence-electron chi connectivity index (χ2n) is 14.5. The molecule has 4 unspecified atom stereocenters. The maximum atomic E-state index is 6.99. The summed E-state index contributed by atoms with van der Waals surface area (Å²) in [5.41, 5.74) is 0.327. The second-order valence-corrected chi connectivity index (χ2v) is 19.3. The van der Waals surface area contributed by atoms with E-state index < -0.39 is 8.32 Å². The van der Waals surface area contributed by atoms with Crippen molar-refractivity contribution in [1.82, 2.24) is 0 Å². The molecule has 4 saturated carbocycles. The van der Waals surface area contributed by atoms with Gasteiger partial charge in [0.15, 0.2) is 14.1 Å². The summed E-state index contributed by atoms with van der Waals surface area (Å²) in [5, 5.41) is 0.234. The number of methoxy groups -OCH3 is 2. The van der Waals surface area contributed by atoms with E-state index in [0.717, 1.165) is 26.1 Å². The van der Waals surface area contributed by atoms with Gasteiger partial charge in [0.05, 0.1) is 25.4 Å². The van der Waals surface area contributed by atoms with Crippen molar-refractivity contribution in [2.75, 3.05) is 27.4 Å². The topological polar surface area (TPSA) is 46.2 Å². The van der Waals surface area contributed by atoms with E-state index in [1.54, 1.807) is 0 Å². The Labute approximate surface area is 215 Å². The fourth-order valence-corrected chi connectivity index (χ4v) is 10.7. The lowest BCUT2D eigenvalue weighted by atomic mass is 9.43. The van der Waals surface area contributed by atoms with E-state index in [4.69, 9.17) is 23.4 Å². The molecule has 0 aromatic heterocycles. The summed E-state index contributed by atoms with van der Waals surface area (Å²) in [6, 6.07) is 0. The van der Waals surface area contributed by atoms with Gasteiger partial charge >= 0.3 is 0 Å². The van der Waals surface area contributed by atoms with Crippen LogP contribution < -0.4 is 0 Å². The zero-order valence-electron chi connectivity index (χ0n) is 23.9. The molecule has 0 radical (unpaired) electrons. The van der Waals surface area contributed by atoms with E-state index >= 15 is 0 Å². The Balaban J connectivity index is 1.45. The highest BCUT2D eigenvalue weighted by Gasteiger charge is 2.70. The van der Waals surface area contributed by atoms with Crippen LogP contribution in [0.25, 0.3) is 0 Å². The summed E-state index contributed by atoms with van der Waals surface area (Å²) in [7, 11) is 2.02. The van der Waals surface area contributed by atoms with Gasteiger partial charge in [0.25, 0.3) is 0 Å². The van der Waals surface area contributed by atoms with Gasteiger partial charge in [-0.25, -0.2) is 0 Å². The van der Waals surface area contributed by atoms with Crippen molar-refractivity contribution in [3.05, 3.63) is 0 Å². The molecule has 5 aliphatic rings. The molecule has 0 N–H and O–H groups in total. The molecule has 0 amide bonds. The smallest absolute Gasteiger partial charge is 0.192 e. The lowest BCUT2D eigenvalue weighted by Gasteiger charge is -2.65. The Kier molecular flexibility index (Phi) is 6.67. The minimum absolute atomic E-state index is 0.0611. The first-order valence-corrected chi connectivity index (χ1v) is 17.3. The Bertz CT molecular complexity index is 788. The first kappa shape index (κ1) is 26.6. The highest BCUT2D eigenvalue weighted by Crippen LogP contribution is 2.70. The molecular formula is C29H52O5Si. The summed E-state index contributed by atoms with van der Waals surface area (Å²) in [6.45, 7) is 18.4. The van der Waals surface area contributed by atoms with Crippen molar-refractivity contribution in [3.8, 4) is 0 Å². The van der Waals surface area contributed by atoms with Gasteiger partial charge in [-0.05, 0) is 85.7 Å². The first-order valence-electron chi connectivity index (χ1n) is 14.3. The van der Waals surface area contributed by atoms with Crippen LogP contribution in [0.2, 0.25) is 18.1 Å². The van der Waals surface area contributed by atoms with E-state index in [-0.39, 0.29) is 33.9 Å². The maximum Gasteiger partial charge on any atom is 0.192 e. The van der Waals surface area contributed by atoms with Gasteiger partial charge in [-0.3, -0.25) is 0 Å². The zero-order valence-corrected chi connectivity index (χ0v) is 24.9.